The van der Waals surface area contributed by atoms with E-state index in [0.717, 1.165) is 17.4 Å². The average molecular weight is 375 g/mol. The minimum Gasteiger partial charge on any atom is -0.497 e. The summed E-state index contributed by atoms with van der Waals surface area (Å²) >= 11 is 0. The highest BCUT2D eigenvalue weighted by Crippen LogP contribution is 2.24. The van der Waals surface area contributed by atoms with Crippen LogP contribution >= 0.6 is 0 Å². The zero-order chi connectivity index (χ0) is 20.0. The Bertz CT molecular complexity index is 886. The minimum absolute atomic E-state index is 0.0170. The standard InChI is InChI=1S/C20H25NO6/c1-4-5-6-16(19(23)24)21-18(22)10-9-15-12(2)14-8-7-13(26-3)11-17(14)27-20(15)25/h7-8,11,16H,4-6,9-10H2,1-3H3,(H,21,22)(H,23,24)/t16-/m1/s1. The van der Waals surface area contributed by atoms with E-state index in [-0.39, 0.29) is 12.8 Å². The number of rotatable bonds is 9. The van der Waals surface area contributed by atoms with Crippen LogP contribution in [-0.4, -0.2) is 30.1 Å². The van der Waals surface area contributed by atoms with Gasteiger partial charge in [0.15, 0.2) is 0 Å². The highest BCUT2D eigenvalue weighted by atomic mass is 16.5. The number of carbonyl (C=O) groups excluding carboxylic acids is 1. The van der Waals surface area contributed by atoms with Gasteiger partial charge >= 0.3 is 11.6 Å². The Labute approximate surface area is 157 Å². The fraction of sp³-hybridized carbons (Fsp3) is 0.450. The van der Waals surface area contributed by atoms with E-state index in [1.807, 2.05) is 6.92 Å². The summed E-state index contributed by atoms with van der Waals surface area (Å²) in [7, 11) is 1.53. The number of benzene rings is 1. The van der Waals surface area contributed by atoms with Crippen molar-refractivity contribution >= 4 is 22.8 Å². The summed E-state index contributed by atoms with van der Waals surface area (Å²) in [6.07, 6.45) is 2.15. The number of hydrogen-bond donors (Lipinski definition) is 2. The Balaban J connectivity index is 2.13. The fourth-order valence-electron chi connectivity index (χ4n) is 2.96. The number of nitrogens with one attached hydrogen (secondary N) is 1. The predicted octanol–water partition coefficient (Wildman–Crippen LogP) is 2.80. The molecule has 1 aromatic heterocycles. The Morgan fingerprint density at radius 1 is 1.33 bits per heavy atom. The average Bonchev–Trinajstić information content (AvgIpc) is 2.64. The molecule has 7 heteroatoms. The SMILES string of the molecule is CCCC[C@@H](NC(=O)CCc1c(C)c2ccc(OC)cc2oc1=O)C(=O)O. The van der Waals surface area contributed by atoms with Crippen molar-refractivity contribution in [2.24, 2.45) is 0 Å². The minimum atomic E-state index is -1.05. The van der Waals surface area contributed by atoms with Crippen molar-refractivity contribution in [2.45, 2.75) is 52.0 Å². The van der Waals surface area contributed by atoms with Gasteiger partial charge in [0.1, 0.15) is 17.4 Å². The molecule has 0 bridgehead atoms. The number of ether oxygens (including phenoxy) is 1. The summed E-state index contributed by atoms with van der Waals surface area (Å²) in [5.41, 5.74) is 1.10. The molecule has 146 valence electrons. The number of fused-ring (bicyclic) bond motifs is 1. The smallest absolute Gasteiger partial charge is 0.339 e. The van der Waals surface area contributed by atoms with Crippen LogP contribution in [0.3, 0.4) is 0 Å². The first-order chi connectivity index (χ1) is 12.9. The molecule has 1 amide bonds. The molecule has 7 nitrogen and oxygen atoms in total. The van der Waals surface area contributed by atoms with E-state index < -0.39 is 23.5 Å². The highest BCUT2D eigenvalue weighted by Gasteiger charge is 2.20. The van der Waals surface area contributed by atoms with Crippen molar-refractivity contribution in [2.75, 3.05) is 7.11 Å². The third kappa shape index (κ3) is 5.09. The van der Waals surface area contributed by atoms with Gasteiger partial charge < -0.3 is 19.6 Å². The molecule has 0 radical (unpaired) electrons. The van der Waals surface area contributed by atoms with Crippen molar-refractivity contribution in [3.8, 4) is 5.75 Å². The quantitative estimate of drug-likeness (QED) is 0.653. The van der Waals surface area contributed by atoms with Crippen LogP contribution in [0.5, 0.6) is 5.75 Å². The molecular formula is C20H25NO6. The lowest BCUT2D eigenvalue weighted by molar-refractivity contribution is -0.142. The number of hydrogen-bond acceptors (Lipinski definition) is 5. The molecule has 1 heterocycles. The molecule has 0 aliphatic carbocycles. The van der Waals surface area contributed by atoms with Gasteiger partial charge in [0.05, 0.1) is 7.11 Å². The second kappa shape index (κ2) is 9.21. The number of carbonyl (C=O) groups is 2. The zero-order valence-electron chi connectivity index (χ0n) is 15.8. The molecule has 27 heavy (non-hydrogen) atoms. The molecular weight excluding hydrogens is 350 g/mol. The summed E-state index contributed by atoms with van der Waals surface area (Å²) < 4.78 is 10.5. The van der Waals surface area contributed by atoms with E-state index in [9.17, 15) is 19.5 Å². The van der Waals surface area contributed by atoms with Gasteiger partial charge in [-0.1, -0.05) is 19.8 Å². The normalized spacial score (nSPS) is 12.0. The molecule has 2 N–H and O–H groups in total. The van der Waals surface area contributed by atoms with E-state index in [1.54, 1.807) is 25.1 Å². The Kier molecular flexibility index (Phi) is 6.98. The molecule has 0 spiro atoms. The number of aliphatic carboxylic acids is 1. The molecule has 0 aliphatic heterocycles. The molecule has 0 aliphatic rings. The molecule has 1 atom stereocenters. The van der Waals surface area contributed by atoms with Crippen molar-refractivity contribution in [3.63, 3.8) is 0 Å². The van der Waals surface area contributed by atoms with Crippen LogP contribution in [0, 0.1) is 6.92 Å². The molecule has 2 aromatic rings. The van der Waals surface area contributed by atoms with Gasteiger partial charge in [-0.05, 0) is 37.5 Å². The van der Waals surface area contributed by atoms with Crippen LogP contribution in [0.25, 0.3) is 11.0 Å². The van der Waals surface area contributed by atoms with Crippen LogP contribution in [0.1, 0.15) is 43.7 Å². The first-order valence-electron chi connectivity index (χ1n) is 8.99. The Morgan fingerprint density at radius 3 is 2.70 bits per heavy atom. The largest absolute Gasteiger partial charge is 0.497 e. The predicted molar refractivity (Wildman–Crippen MR) is 101 cm³/mol. The van der Waals surface area contributed by atoms with E-state index in [0.29, 0.717) is 29.7 Å². The number of methoxy groups -OCH3 is 1. The molecule has 2 rings (SSSR count). The van der Waals surface area contributed by atoms with Crippen molar-refractivity contribution in [3.05, 3.63) is 39.7 Å². The maximum absolute atomic E-state index is 12.3. The van der Waals surface area contributed by atoms with Gasteiger partial charge in [0, 0.05) is 23.4 Å². The van der Waals surface area contributed by atoms with Crippen molar-refractivity contribution < 1.29 is 23.8 Å². The first-order valence-corrected chi connectivity index (χ1v) is 8.99. The third-order valence-electron chi connectivity index (χ3n) is 4.58. The summed E-state index contributed by atoms with van der Waals surface area (Å²) in [6.45, 7) is 3.76. The Hall–Kier alpha value is -2.83. The van der Waals surface area contributed by atoms with Crippen LogP contribution in [0.15, 0.2) is 27.4 Å². The number of unbranched alkanes of at least 4 members (excludes halogenated alkanes) is 1. The maximum Gasteiger partial charge on any atom is 0.339 e. The molecule has 0 saturated heterocycles. The van der Waals surface area contributed by atoms with E-state index in [1.165, 1.54) is 7.11 Å². The maximum atomic E-state index is 12.3. The number of carboxylic acid groups (broad SMARTS) is 1. The summed E-state index contributed by atoms with van der Waals surface area (Å²) in [4.78, 5) is 35.7. The second-order valence-electron chi connectivity index (χ2n) is 6.46. The van der Waals surface area contributed by atoms with Gasteiger partial charge in [-0.25, -0.2) is 9.59 Å². The molecule has 1 aromatic carbocycles. The van der Waals surface area contributed by atoms with E-state index >= 15 is 0 Å². The van der Waals surface area contributed by atoms with Gasteiger partial charge in [-0.15, -0.1) is 0 Å². The highest BCUT2D eigenvalue weighted by molar-refractivity contribution is 5.84. The Morgan fingerprint density at radius 2 is 2.07 bits per heavy atom. The van der Waals surface area contributed by atoms with Crippen LogP contribution < -0.4 is 15.7 Å². The monoisotopic (exact) mass is 375 g/mol. The summed E-state index contributed by atoms with van der Waals surface area (Å²) in [5.74, 6) is -0.858. The van der Waals surface area contributed by atoms with Gasteiger partial charge in [0.25, 0.3) is 0 Å². The van der Waals surface area contributed by atoms with Crippen LogP contribution in [0.2, 0.25) is 0 Å². The fourth-order valence-corrected chi connectivity index (χ4v) is 2.96. The van der Waals surface area contributed by atoms with Gasteiger partial charge in [-0.2, -0.15) is 0 Å². The van der Waals surface area contributed by atoms with E-state index in [2.05, 4.69) is 5.32 Å². The first kappa shape index (κ1) is 20.5. The summed E-state index contributed by atoms with van der Waals surface area (Å²) in [5, 5.41) is 12.5. The summed E-state index contributed by atoms with van der Waals surface area (Å²) in [6, 6.07) is 4.32. The number of carboxylic acids is 1. The lowest BCUT2D eigenvalue weighted by Crippen LogP contribution is -2.40. The number of aryl methyl sites for hydroxylation is 1. The van der Waals surface area contributed by atoms with E-state index in [4.69, 9.17) is 9.15 Å². The van der Waals surface area contributed by atoms with Gasteiger partial charge in [0.2, 0.25) is 5.91 Å². The molecule has 0 unspecified atom stereocenters. The van der Waals surface area contributed by atoms with Crippen molar-refractivity contribution in [1.29, 1.82) is 0 Å². The topological polar surface area (TPSA) is 106 Å². The lowest BCUT2D eigenvalue weighted by atomic mass is 10.0. The van der Waals surface area contributed by atoms with Gasteiger partial charge in [-0.3, -0.25) is 4.79 Å². The molecule has 0 fully saturated rings. The second-order valence-corrected chi connectivity index (χ2v) is 6.46. The molecule has 0 saturated carbocycles. The van der Waals surface area contributed by atoms with Crippen LogP contribution in [0.4, 0.5) is 0 Å². The zero-order valence-corrected chi connectivity index (χ0v) is 15.8. The lowest BCUT2D eigenvalue weighted by Gasteiger charge is -2.14. The van der Waals surface area contributed by atoms with Crippen LogP contribution in [-0.2, 0) is 16.0 Å². The number of amides is 1. The van der Waals surface area contributed by atoms with Crippen molar-refractivity contribution in [1.82, 2.24) is 5.32 Å². The third-order valence-corrected chi connectivity index (χ3v) is 4.58.